The van der Waals surface area contributed by atoms with Gasteiger partial charge in [-0.15, -0.1) is 0 Å². The molecule has 2 aromatic carbocycles. The number of halogens is 2. The predicted octanol–water partition coefficient (Wildman–Crippen LogP) is 3.31. The number of non-ortho nitro benzene ring substituents is 1. The van der Waals surface area contributed by atoms with E-state index in [1.165, 1.54) is 31.4 Å². The number of rotatable bonds is 8. The number of ether oxygens (including phenoxy) is 3. The summed E-state index contributed by atoms with van der Waals surface area (Å²) in [5.74, 6) is -1.92. The molecular formula is C18H16F2N2O7. The topological polar surface area (TPSA) is 117 Å². The summed E-state index contributed by atoms with van der Waals surface area (Å²) in [6, 6.07) is 7.31. The van der Waals surface area contributed by atoms with Gasteiger partial charge in [0.15, 0.2) is 18.1 Å². The van der Waals surface area contributed by atoms with Gasteiger partial charge in [-0.05, 0) is 36.8 Å². The van der Waals surface area contributed by atoms with Gasteiger partial charge >= 0.3 is 12.6 Å². The van der Waals surface area contributed by atoms with Crippen LogP contribution in [0.3, 0.4) is 0 Å². The highest BCUT2D eigenvalue weighted by molar-refractivity contribution is 5.96. The molecule has 0 atom stereocenters. The van der Waals surface area contributed by atoms with E-state index in [-0.39, 0.29) is 22.7 Å². The molecule has 0 aliphatic rings. The minimum Gasteiger partial charge on any atom is -0.493 e. The van der Waals surface area contributed by atoms with Crippen LogP contribution in [0.4, 0.5) is 20.2 Å². The normalized spacial score (nSPS) is 10.4. The monoisotopic (exact) mass is 410 g/mol. The van der Waals surface area contributed by atoms with Gasteiger partial charge in [0.05, 0.1) is 17.6 Å². The molecule has 0 heterocycles. The summed E-state index contributed by atoms with van der Waals surface area (Å²) in [6.45, 7) is -2.12. The van der Waals surface area contributed by atoms with Gasteiger partial charge in [0, 0.05) is 17.8 Å². The van der Waals surface area contributed by atoms with Crippen LogP contribution in [0.25, 0.3) is 0 Å². The second-order valence-electron chi connectivity index (χ2n) is 5.62. The summed E-state index contributed by atoms with van der Waals surface area (Å²) in [4.78, 5) is 34.2. The van der Waals surface area contributed by atoms with Crippen LogP contribution in [0, 0.1) is 17.0 Å². The van der Waals surface area contributed by atoms with Crippen molar-refractivity contribution in [2.75, 3.05) is 19.0 Å². The summed E-state index contributed by atoms with van der Waals surface area (Å²) in [7, 11) is 1.21. The maximum Gasteiger partial charge on any atom is 0.387 e. The number of alkyl halides is 2. The number of benzene rings is 2. The lowest BCUT2D eigenvalue weighted by atomic mass is 10.2. The number of aryl methyl sites for hydroxylation is 1. The van der Waals surface area contributed by atoms with Crippen molar-refractivity contribution in [1.29, 1.82) is 0 Å². The number of nitrogens with one attached hydrogen (secondary N) is 1. The number of hydrogen-bond donors (Lipinski definition) is 1. The number of anilines is 1. The number of esters is 1. The summed E-state index contributed by atoms with van der Waals surface area (Å²) >= 11 is 0. The molecule has 9 nitrogen and oxygen atoms in total. The van der Waals surface area contributed by atoms with E-state index in [4.69, 9.17) is 9.47 Å². The highest BCUT2D eigenvalue weighted by Gasteiger charge is 2.17. The van der Waals surface area contributed by atoms with Gasteiger partial charge in [-0.3, -0.25) is 14.9 Å². The highest BCUT2D eigenvalue weighted by Crippen LogP contribution is 2.29. The van der Waals surface area contributed by atoms with Gasteiger partial charge in [0.2, 0.25) is 0 Å². The average molecular weight is 410 g/mol. The number of carbonyl (C=O) groups is 2. The molecule has 0 spiro atoms. The largest absolute Gasteiger partial charge is 0.493 e. The molecule has 1 N–H and O–H groups in total. The van der Waals surface area contributed by atoms with Crippen molar-refractivity contribution in [2.24, 2.45) is 0 Å². The molecule has 0 unspecified atom stereocenters. The molecule has 11 heteroatoms. The predicted molar refractivity (Wildman–Crippen MR) is 96.4 cm³/mol. The van der Waals surface area contributed by atoms with Crippen molar-refractivity contribution in [3.05, 3.63) is 57.6 Å². The fourth-order valence-electron chi connectivity index (χ4n) is 2.29. The Kier molecular flexibility index (Phi) is 7.01. The van der Waals surface area contributed by atoms with Crippen molar-refractivity contribution in [3.63, 3.8) is 0 Å². The van der Waals surface area contributed by atoms with Crippen molar-refractivity contribution < 1.29 is 37.5 Å². The van der Waals surface area contributed by atoms with E-state index in [0.717, 1.165) is 12.1 Å². The standard InChI is InChI=1S/C18H16F2N2O7/c1-10-7-12(22(25)26)4-5-13(10)21-16(23)9-28-17(24)11-3-6-14(29-18(19)20)15(8-11)27-2/h3-8,18H,9H2,1-2H3,(H,21,23). The van der Waals surface area contributed by atoms with Crippen LogP contribution in [0.2, 0.25) is 0 Å². The Hall–Kier alpha value is -3.76. The fourth-order valence-corrected chi connectivity index (χ4v) is 2.29. The van der Waals surface area contributed by atoms with Crippen molar-refractivity contribution in [2.45, 2.75) is 13.5 Å². The number of nitro benzene ring substituents is 1. The Morgan fingerprint density at radius 1 is 1.17 bits per heavy atom. The molecule has 0 bridgehead atoms. The van der Waals surface area contributed by atoms with E-state index in [1.807, 2.05) is 0 Å². The SMILES string of the molecule is COc1cc(C(=O)OCC(=O)Nc2ccc([N+](=O)[O-])cc2C)ccc1OC(F)F. The Morgan fingerprint density at radius 2 is 1.90 bits per heavy atom. The maximum atomic E-state index is 12.3. The van der Waals surface area contributed by atoms with Gasteiger partial charge in [-0.1, -0.05) is 0 Å². The lowest BCUT2D eigenvalue weighted by Crippen LogP contribution is -2.21. The maximum absolute atomic E-state index is 12.3. The van der Waals surface area contributed by atoms with Gasteiger partial charge in [0.1, 0.15) is 0 Å². The van der Waals surface area contributed by atoms with E-state index < -0.39 is 30.0 Å². The molecule has 2 rings (SSSR count). The zero-order valence-electron chi connectivity index (χ0n) is 15.3. The van der Waals surface area contributed by atoms with E-state index in [2.05, 4.69) is 10.1 Å². The molecule has 0 fully saturated rings. The lowest BCUT2D eigenvalue weighted by molar-refractivity contribution is -0.384. The van der Waals surface area contributed by atoms with Crippen LogP contribution in [-0.4, -0.2) is 37.1 Å². The number of nitrogens with zero attached hydrogens (tertiary/aromatic N) is 1. The van der Waals surface area contributed by atoms with E-state index in [0.29, 0.717) is 11.3 Å². The lowest BCUT2D eigenvalue weighted by Gasteiger charge is -2.11. The first kappa shape index (κ1) is 21.5. The van der Waals surface area contributed by atoms with E-state index in [9.17, 15) is 28.5 Å². The molecule has 2 aromatic rings. The molecule has 0 aliphatic heterocycles. The van der Waals surface area contributed by atoms with Crippen LogP contribution in [0.1, 0.15) is 15.9 Å². The van der Waals surface area contributed by atoms with E-state index >= 15 is 0 Å². The minimum absolute atomic E-state index is 0.0391. The summed E-state index contributed by atoms with van der Waals surface area (Å²) in [5.41, 5.74) is 0.618. The van der Waals surface area contributed by atoms with Gasteiger partial charge in [-0.2, -0.15) is 8.78 Å². The number of hydrogen-bond acceptors (Lipinski definition) is 7. The molecule has 0 aromatic heterocycles. The highest BCUT2D eigenvalue weighted by atomic mass is 19.3. The fraction of sp³-hybridized carbons (Fsp3) is 0.222. The third kappa shape index (κ3) is 5.86. The molecule has 1 amide bonds. The van der Waals surface area contributed by atoms with Crippen LogP contribution in [0.5, 0.6) is 11.5 Å². The zero-order chi connectivity index (χ0) is 21.6. The third-order valence-electron chi connectivity index (χ3n) is 3.64. The second kappa shape index (κ2) is 9.44. The zero-order valence-corrected chi connectivity index (χ0v) is 15.3. The molecule has 0 aliphatic carbocycles. The molecule has 0 saturated carbocycles. The van der Waals surface area contributed by atoms with Gasteiger partial charge < -0.3 is 19.5 Å². The summed E-state index contributed by atoms with van der Waals surface area (Å²) < 4.78 is 38.7. The Bertz CT molecular complexity index is 934. The molecule has 0 saturated heterocycles. The van der Waals surface area contributed by atoms with Crippen LogP contribution >= 0.6 is 0 Å². The molecule has 154 valence electrons. The first-order valence-corrected chi connectivity index (χ1v) is 8.06. The quantitative estimate of drug-likeness (QED) is 0.403. The molecular weight excluding hydrogens is 394 g/mol. The minimum atomic E-state index is -3.06. The Balaban J connectivity index is 1.98. The van der Waals surface area contributed by atoms with Crippen molar-refractivity contribution in [3.8, 4) is 11.5 Å². The van der Waals surface area contributed by atoms with Crippen molar-refractivity contribution >= 4 is 23.3 Å². The van der Waals surface area contributed by atoms with E-state index in [1.54, 1.807) is 6.92 Å². The Labute approximate surface area is 163 Å². The van der Waals surface area contributed by atoms with Gasteiger partial charge in [-0.25, -0.2) is 4.79 Å². The number of nitro groups is 1. The first-order valence-electron chi connectivity index (χ1n) is 8.06. The molecule has 29 heavy (non-hydrogen) atoms. The Morgan fingerprint density at radius 3 is 2.48 bits per heavy atom. The van der Waals surface area contributed by atoms with Crippen molar-refractivity contribution in [1.82, 2.24) is 0 Å². The number of carbonyl (C=O) groups excluding carboxylic acids is 2. The van der Waals surface area contributed by atoms with Crippen LogP contribution in [-0.2, 0) is 9.53 Å². The van der Waals surface area contributed by atoms with Gasteiger partial charge in [0.25, 0.3) is 11.6 Å². The average Bonchev–Trinajstić information content (AvgIpc) is 2.67. The third-order valence-corrected chi connectivity index (χ3v) is 3.64. The first-order chi connectivity index (χ1) is 13.7. The second-order valence-corrected chi connectivity index (χ2v) is 5.62. The van der Waals surface area contributed by atoms with Crippen LogP contribution < -0.4 is 14.8 Å². The summed E-state index contributed by atoms with van der Waals surface area (Å²) in [6.07, 6.45) is 0. The summed E-state index contributed by atoms with van der Waals surface area (Å²) in [5, 5.41) is 13.2. The number of amides is 1. The number of methoxy groups -OCH3 is 1. The smallest absolute Gasteiger partial charge is 0.387 e. The molecule has 0 radical (unpaired) electrons. The van der Waals surface area contributed by atoms with Crippen LogP contribution in [0.15, 0.2) is 36.4 Å².